The van der Waals surface area contributed by atoms with Crippen molar-refractivity contribution in [3.05, 3.63) is 24.7 Å². The van der Waals surface area contributed by atoms with Crippen LogP contribution in [0.3, 0.4) is 0 Å². The van der Waals surface area contributed by atoms with E-state index in [0.717, 1.165) is 0 Å². The van der Waals surface area contributed by atoms with E-state index in [1.165, 1.54) is 24.1 Å². The largest absolute Gasteiger partial charge is 0.405 e. The third kappa shape index (κ3) is 1.96. The molecule has 2 aromatic rings. The Morgan fingerprint density at radius 2 is 2.40 bits per heavy atom. The zero-order chi connectivity index (χ0) is 10.7. The fourth-order valence-corrected chi connectivity index (χ4v) is 1.04. The molecule has 0 amide bonds. The third-order valence-electron chi connectivity index (χ3n) is 1.59. The van der Waals surface area contributed by atoms with Gasteiger partial charge in [0, 0.05) is 13.1 Å². The SMILES string of the molecule is CC(=O)Oc1ncccc1-n1cnnn1. The van der Waals surface area contributed by atoms with Crippen molar-refractivity contribution in [2.75, 3.05) is 0 Å². The van der Waals surface area contributed by atoms with Gasteiger partial charge in [0.05, 0.1) is 0 Å². The van der Waals surface area contributed by atoms with Gasteiger partial charge in [0.15, 0.2) is 0 Å². The first kappa shape index (κ1) is 9.25. The highest BCUT2D eigenvalue weighted by molar-refractivity contribution is 5.69. The summed E-state index contributed by atoms with van der Waals surface area (Å²) in [4.78, 5) is 14.7. The summed E-state index contributed by atoms with van der Waals surface area (Å²) < 4.78 is 6.27. The molecule has 0 saturated heterocycles. The number of carbonyl (C=O) groups is 1. The van der Waals surface area contributed by atoms with Crippen LogP contribution in [0.5, 0.6) is 5.88 Å². The monoisotopic (exact) mass is 205 g/mol. The van der Waals surface area contributed by atoms with E-state index in [4.69, 9.17) is 4.74 Å². The van der Waals surface area contributed by atoms with E-state index in [-0.39, 0.29) is 5.88 Å². The summed E-state index contributed by atoms with van der Waals surface area (Å²) >= 11 is 0. The molecule has 2 rings (SSSR count). The molecule has 0 aliphatic rings. The molecule has 76 valence electrons. The van der Waals surface area contributed by atoms with Gasteiger partial charge in [-0.2, -0.15) is 4.68 Å². The number of aromatic nitrogens is 5. The molecule has 0 bridgehead atoms. The number of tetrazole rings is 1. The smallest absolute Gasteiger partial charge is 0.309 e. The van der Waals surface area contributed by atoms with Crippen molar-refractivity contribution in [1.29, 1.82) is 0 Å². The predicted octanol–water partition coefficient (Wildman–Crippen LogP) is -0.0174. The first-order valence-corrected chi connectivity index (χ1v) is 4.14. The highest BCUT2D eigenvalue weighted by atomic mass is 16.5. The van der Waals surface area contributed by atoms with Gasteiger partial charge in [0.1, 0.15) is 12.0 Å². The predicted molar refractivity (Wildman–Crippen MR) is 48.3 cm³/mol. The summed E-state index contributed by atoms with van der Waals surface area (Å²) in [6, 6.07) is 3.39. The highest BCUT2D eigenvalue weighted by Gasteiger charge is 2.09. The molecule has 7 nitrogen and oxygen atoms in total. The topological polar surface area (TPSA) is 82.8 Å². The zero-order valence-electron chi connectivity index (χ0n) is 7.86. The number of ether oxygens (including phenoxy) is 1. The first-order valence-electron chi connectivity index (χ1n) is 4.14. The van der Waals surface area contributed by atoms with E-state index in [0.29, 0.717) is 5.69 Å². The second-order valence-electron chi connectivity index (χ2n) is 2.68. The van der Waals surface area contributed by atoms with Crippen LogP contribution >= 0.6 is 0 Å². The number of rotatable bonds is 2. The second kappa shape index (κ2) is 3.82. The van der Waals surface area contributed by atoms with Gasteiger partial charge in [0.2, 0.25) is 5.88 Å². The number of esters is 1. The lowest BCUT2D eigenvalue weighted by atomic mass is 10.4. The molecule has 0 radical (unpaired) electrons. The van der Waals surface area contributed by atoms with E-state index >= 15 is 0 Å². The van der Waals surface area contributed by atoms with E-state index < -0.39 is 5.97 Å². The van der Waals surface area contributed by atoms with Gasteiger partial charge in [-0.15, -0.1) is 5.10 Å². The third-order valence-corrected chi connectivity index (χ3v) is 1.59. The minimum absolute atomic E-state index is 0.178. The molecule has 0 N–H and O–H groups in total. The second-order valence-corrected chi connectivity index (χ2v) is 2.68. The average molecular weight is 205 g/mol. The van der Waals surface area contributed by atoms with Gasteiger partial charge in [0.25, 0.3) is 0 Å². The van der Waals surface area contributed by atoms with Gasteiger partial charge in [-0.05, 0) is 22.6 Å². The van der Waals surface area contributed by atoms with Crippen molar-refractivity contribution < 1.29 is 9.53 Å². The molecule has 0 unspecified atom stereocenters. The first-order chi connectivity index (χ1) is 7.27. The summed E-state index contributed by atoms with van der Waals surface area (Å²) in [5, 5.41) is 10.6. The summed E-state index contributed by atoms with van der Waals surface area (Å²) in [7, 11) is 0. The van der Waals surface area contributed by atoms with Gasteiger partial charge >= 0.3 is 5.97 Å². The molecule has 2 heterocycles. The van der Waals surface area contributed by atoms with Crippen molar-refractivity contribution >= 4 is 5.97 Å². The molecular formula is C8H7N5O2. The molecule has 0 aliphatic heterocycles. The number of hydrogen-bond acceptors (Lipinski definition) is 6. The lowest BCUT2D eigenvalue weighted by Gasteiger charge is -2.05. The number of hydrogen-bond donors (Lipinski definition) is 0. The van der Waals surface area contributed by atoms with E-state index in [9.17, 15) is 4.79 Å². The Balaban J connectivity index is 2.42. The lowest BCUT2D eigenvalue weighted by molar-refractivity contribution is -0.132. The van der Waals surface area contributed by atoms with E-state index in [1.807, 2.05) is 0 Å². The normalized spacial score (nSPS) is 9.93. The fourth-order valence-electron chi connectivity index (χ4n) is 1.04. The fraction of sp³-hybridized carbons (Fsp3) is 0.125. The Bertz CT molecular complexity index is 468. The van der Waals surface area contributed by atoms with Crippen LogP contribution < -0.4 is 4.74 Å². The highest BCUT2D eigenvalue weighted by Crippen LogP contribution is 2.17. The summed E-state index contributed by atoms with van der Waals surface area (Å²) in [6.45, 7) is 1.30. The van der Waals surface area contributed by atoms with Crippen LogP contribution in [0.2, 0.25) is 0 Å². The van der Waals surface area contributed by atoms with Crippen LogP contribution in [-0.4, -0.2) is 31.2 Å². The Hall–Kier alpha value is -2.31. The molecule has 0 aromatic carbocycles. The van der Waals surface area contributed by atoms with Gasteiger partial charge in [-0.25, -0.2) is 4.98 Å². The molecule has 0 fully saturated rings. The average Bonchev–Trinajstić information content (AvgIpc) is 2.70. The number of carbonyl (C=O) groups excluding carboxylic acids is 1. The standard InChI is InChI=1S/C8H7N5O2/c1-6(14)15-8-7(3-2-4-9-8)13-5-10-11-12-13/h2-5H,1H3. The minimum atomic E-state index is -0.442. The van der Waals surface area contributed by atoms with Crippen LogP contribution in [-0.2, 0) is 4.79 Å². The molecule has 0 spiro atoms. The Morgan fingerprint density at radius 3 is 3.07 bits per heavy atom. The van der Waals surface area contributed by atoms with Crippen LogP contribution in [0, 0.1) is 0 Å². The maximum absolute atomic E-state index is 10.8. The van der Waals surface area contributed by atoms with Crippen molar-refractivity contribution in [3.63, 3.8) is 0 Å². The lowest BCUT2D eigenvalue weighted by Crippen LogP contribution is -2.07. The zero-order valence-corrected chi connectivity index (χ0v) is 7.86. The molecule has 0 aliphatic carbocycles. The van der Waals surface area contributed by atoms with Gasteiger partial charge < -0.3 is 4.74 Å². The molecule has 7 heteroatoms. The quantitative estimate of drug-likeness (QED) is 0.641. The Kier molecular flexibility index (Phi) is 2.36. The summed E-state index contributed by atoms with van der Waals surface area (Å²) in [5.41, 5.74) is 0.512. The van der Waals surface area contributed by atoms with Gasteiger partial charge in [-0.3, -0.25) is 4.79 Å². The van der Waals surface area contributed by atoms with Crippen molar-refractivity contribution in [1.82, 2.24) is 25.2 Å². The number of nitrogens with zero attached hydrogens (tertiary/aromatic N) is 5. The van der Waals surface area contributed by atoms with Crippen LogP contribution in [0.4, 0.5) is 0 Å². The Morgan fingerprint density at radius 1 is 1.53 bits per heavy atom. The van der Waals surface area contributed by atoms with Crippen molar-refractivity contribution in [2.45, 2.75) is 6.92 Å². The maximum atomic E-state index is 10.8. The van der Waals surface area contributed by atoms with Gasteiger partial charge in [-0.1, -0.05) is 0 Å². The summed E-state index contributed by atoms with van der Waals surface area (Å²) in [6.07, 6.45) is 2.91. The van der Waals surface area contributed by atoms with Crippen LogP contribution in [0.1, 0.15) is 6.92 Å². The molecule has 0 saturated carbocycles. The molecular weight excluding hydrogens is 198 g/mol. The van der Waals surface area contributed by atoms with E-state index in [1.54, 1.807) is 12.1 Å². The molecule has 0 atom stereocenters. The Labute approximate surface area is 84.7 Å². The van der Waals surface area contributed by atoms with Crippen molar-refractivity contribution in [3.8, 4) is 11.6 Å². The molecule has 2 aromatic heterocycles. The molecule has 15 heavy (non-hydrogen) atoms. The summed E-state index contributed by atoms with van der Waals surface area (Å²) in [5.74, 6) is -0.264. The minimum Gasteiger partial charge on any atom is -0.405 e. The van der Waals surface area contributed by atoms with Crippen molar-refractivity contribution in [2.24, 2.45) is 0 Å². The van der Waals surface area contributed by atoms with Crippen LogP contribution in [0.25, 0.3) is 5.69 Å². The maximum Gasteiger partial charge on any atom is 0.309 e. The van der Waals surface area contributed by atoms with E-state index in [2.05, 4.69) is 20.5 Å². The van der Waals surface area contributed by atoms with Crippen LogP contribution in [0.15, 0.2) is 24.7 Å². The number of pyridine rings is 1.